The van der Waals surface area contributed by atoms with Gasteiger partial charge >= 0.3 is 5.97 Å². The van der Waals surface area contributed by atoms with Gasteiger partial charge in [0.15, 0.2) is 0 Å². The summed E-state index contributed by atoms with van der Waals surface area (Å²) in [6, 6.07) is 36.3. The zero-order valence-electron chi connectivity index (χ0n) is 28.1. The van der Waals surface area contributed by atoms with E-state index >= 15 is 0 Å². The van der Waals surface area contributed by atoms with E-state index in [9.17, 15) is 19.2 Å². The average Bonchev–Trinajstić information content (AvgIpc) is 3.16. The van der Waals surface area contributed by atoms with Gasteiger partial charge in [0.1, 0.15) is 10.9 Å². The highest BCUT2D eigenvalue weighted by Crippen LogP contribution is 2.37. The molecule has 0 aliphatic heterocycles. The molecule has 0 fully saturated rings. The van der Waals surface area contributed by atoms with Gasteiger partial charge < -0.3 is 20.7 Å². The molecule has 0 saturated carbocycles. The molecule has 1 unspecified atom stereocenters. The van der Waals surface area contributed by atoms with Gasteiger partial charge in [0, 0.05) is 37.4 Å². The number of hydrogen-bond acceptors (Lipinski definition) is 6. The van der Waals surface area contributed by atoms with Gasteiger partial charge in [-0.1, -0.05) is 97.2 Å². The van der Waals surface area contributed by atoms with Crippen LogP contribution in [0.3, 0.4) is 0 Å². The minimum atomic E-state index is -0.672. The van der Waals surface area contributed by atoms with Crippen molar-refractivity contribution >= 4 is 76.1 Å². The fourth-order valence-electron chi connectivity index (χ4n) is 4.91. The molecule has 1 atom stereocenters. The number of carbonyl (C=O) groups excluding carboxylic acids is 4. The number of anilines is 2. The predicted molar refractivity (Wildman–Crippen MR) is 209 cm³/mol. The number of thioether (sulfide) groups is 1. The first-order valence-corrected chi connectivity index (χ1v) is 18.1. The number of rotatable bonds is 14. The summed E-state index contributed by atoms with van der Waals surface area (Å²) in [5.74, 6) is -1.80. The van der Waals surface area contributed by atoms with E-state index in [1.165, 1.54) is 17.8 Å². The number of amides is 3. The van der Waals surface area contributed by atoms with Crippen LogP contribution in [0.25, 0.3) is 6.08 Å². The van der Waals surface area contributed by atoms with E-state index < -0.39 is 23.0 Å². The minimum Gasteiger partial charge on any atom is -0.462 e. The molecular weight excluding hydrogens is 717 g/mol. The van der Waals surface area contributed by atoms with Crippen molar-refractivity contribution in [1.29, 1.82) is 0 Å². The van der Waals surface area contributed by atoms with Crippen LogP contribution in [0.5, 0.6) is 0 Å². The molecule has 3 amide bonds. The molecule has 0 aliphatic carbocycles. The van der Waals surface area contributed by atoms with Crippen LogP contribution in [-0.4, -0.2) is 30.3 Å². The third-order valence-electron chi connectivity index (χ3n) is 7.62. The van der Waals surface area contributed by atoms with E-state index in [1.54, 1.807) is 91.0 Å². The smallest absolute Gasteiger partial charge is 0.338 e. The quantitative estimate of drug-likeness (QED) is 0.0451. The van der Waals surface area contributed by atoms with E-state index in [0.29, 0.717) is 49.6 Å². The number of unbranched alkanes of at least 4 members (excludes halogenated alkanes) is 1. The predicted octanol–water partition coefficient (Wildman–Crippen LogP) is 9.83. The first kappa shape index (κ1) is 37.9. The third-order valence-corrected chi connectivity index (χ3v) is 9.53. The Kier molecular flexibility index (Phi) is 13.7. The third kappa shape index (κ3) is 10.6. The fraction of sp³-hybridized carbons (Fsp3) is 0.122. The molecule has 8 nitrogen and oxygen atoms in total. The zero-order chi connectivity index (χ0) is 36.9. The lowest BCUT2D eigenvalue weighted by atomic mass is 10.1. The van der Waals surface area contributed by atoms with Crippen molar-refractivity contribution in [3.8, 4) is 0 Å². The number of hydrogen-bond donors (Lipinski definition) is 3. The van der Waals surface area contributed by atoms with Crippen LogP contribution in [-0.2, 0) is 14.3 Å². The van der Waals surface area contributed by atoms with E-state index in [1.807, 2.05) is 43.3 Å². The van der Waals surface area contributed by atoms with Crippen LogP contribution < -0.4 is 16.0 Å². The zero-order valence-corrected chi connectivity index (χ0v) is 30.4. The van der Waals surface area contributed by atoms with Crippen LogP contribution >= 0.6 is 35.0 Å². The Bertz CT molecular complexity index is 2040. The van der Waals surface area contributed by atoms with Crippen molar-refractivity contribution in [2.75, 3.05) is 17.2 Å². The van der Waals surface area contributed by atoms with Crippen LogP contribution in [0.1, 0.15) is 56.9 Å². The van der Waals surface area contributed by atoms with E-state index in [0.717, 1.165) is 18.4 Å². The number of carbonyl (C=O) groups is 4. The van der Waals surface area contributed by atoms with E-state index in [-0.39, 0.29) is 11.6 Å². The SMILES string of the molecule is CCCCOC(=O)c1ccc(NC(=O)C(Sc2cccc(NC(=O)/C(=C\c3c(Cl)cccc3Cl)NC(=O)c3ccccc3)c2)c2ccccc2)cc1. The van der Waals surface area contributed by atoms with Crippen molar-refractivity contribution in [3.63, 3.8) is 0 Å². The summed E-state index contributed by atoms with van der Waals surface area (Å²) in [6.45, 7) is 2.38. The number of benzene rings is 5. The lowest BCUT2D eigenvalue weighted by Crippen LogP contribution is -2.30. The second kappa shape index (κ2) is 18.8. The highest BCUT2D eigenvalue weighted by Gasteiger charge is 2.23. The topological polar surface area (TPSA) is 114 Å². The van der Waals surface area contributed by atoms with Gasteiger partial charge in [-0.3, -0.25) is 14.4 Å². The number of ether oxygens (including phenoxy) is 1. The summed E-state index contributed by atoms with van der Waals surface area (Å²) < 4.78 is 5.28. The molecule has 0 spiro atoms. The van der Waals surface area contributed by atoms with Crippen LogP contribution in [0, 0.1) is 0 Å². The van der Waals surface area contributed by atoms with Gasteiger partial charge in [-0.05, 0) is 84.8 Å². The van der Waals surface area contributed by atoms with Gasteiger partial charge in [0.05, 0.1) is 12.2 Å². The van der Waals surface area contributed by atoms with Crippen molar-refractivity contribution < 1.29 is 23.9 Å². The van der Waals surface area contributed by atoms with Crippen LogP contribution in [0.4, 0.5) is 11.4 Å². The van der Waals surface area contributed by atoms with Gasteiger partial charge in [-0.25, -0.2) is 4.79 Å². The van der Waals surface area contributed by atoms with Gasteiger partial charge in [-0.15, -0.1) is 11.8 Å². The maximum Gasteiger partial charge on any atom is 0.338 e. The summed E-state index contributed by atoms with van der Waals surface area (Å²) in [5.41, 5.74) is 2.75. The summed E-state index contributed by atoms with van der Waals surface area (Å²) in [6.07, 6.45) is 3.14. The van der Waals surface area contributed by atoms with Gasteiger partial charge in [-0.2, -0.15) is 0 Å². The Hall–Kier alpha value is -5.35. The van der Waals surface area contributed by atoms with Crippen LogP contribution in [0.2, 0.25) is 10.0 Å². The lowest BCUT2D eigenvalue weighted by Gasteiger charge is -2.18. The molecule has 0 heterocycles. The molecule has 0 saturated heterocycles. The van der Waals surface area contributed by atoms with Crippen molar-refractivity contribution in [3.05, 3.63) is 165 Å². The summed E-state index contributed by atoms with van der Waals surface area (Å²) in [5, 5.41) is 8.43. The summed E-state index contributed by atoms with van der Waals surface area (Å²) in [7, 11) is 0. The molecule has 0 bridgehead atoms. The molecule has 5 rings (SSSR count). The van der Waals surface area contributed by atoms with Crippen molar-refractivity contribution in [2.24, 2.45) is 0 Å². The maximum atomic E-state index is 13.7. The normalized spacial score (nSPS) is 11.6. The Labute approximate surface area is 316 Å². The molecule has 5 aromatic rings. The molecule has 0 radical (unpaired) electrons. The number of esters is 1. The van der Waals surface area contributed by atoms with Gasteiger partial charge in [0.25, 0.3) is 11.8 Å². The van der Waals surface area contributed by atoms with E-state index in [2.05, 4.69) is 16.0 Å². The standard InChI is InChI=1S/C41H35Cl2N3O5S/c1-2-3-24-51-41(50)29-20-22-30(23-21-29)44-40(49)37(27-12-6-4-7-13-27)52-32-17-10-16-31(25-32)45-39(48)36(26-33-34(42)18-11-19-35(33)43)46-38(47)28-14-8-5-9-15-28/h4-23,25-26,37H,2-3,24H2,1H3,(H,44,49)(H,45,48)(H,46,47)/b36-26+. The molecule has 52 heavy (non-hydrogen) atoms. The van der Waals surface area contributed by atoms with Crippen LogP contribution in [0.15, 0.2) is 138 Å². The molecule has 0 aliphatic rings. The highest BCUT2D eigenvalue weighted by atomic mass is 35.5. The summed E-state index contributed by atoms with van der Waals surface area (Å²) in [4.78, 5) is 53.6. The number of halogens is 2. The monoisotopic (exact) mass is 751 g/mol. The largest absolute Gasteiger partial charge is 0.462 e. The molecular formula is C41H35Cl2N3O5S. The first-order valence-electron chi connectivity index (χ1n) is 16.4. The Morgan fingerprint density at radius 1 is 0.731 bits per heavy atom. The Balaban J connectivity index is 1.34. The average molecular weight is 753 g/mol. The van der Waals surface area contributed by atoms with E-state index in [4.69, 9.17) is 27.9 Å². The first-order chi connectivity index (χ1) is 25.2. The Morgan fingerprint density at radius 3 is 2.06 bits per heavy atom. The molecule has 0 aromatic heterocycles. The number of nitrogens with one attached hydrogen (secondary N) is 3. The Morgan fingerprint density at radius 2 is 1.38 bits per heavy atom. The molecule has 264 valence electrons. The minimum absolute atomic E-state index is 0.0799. The summed E-state index contributed by atoms with van der Waals surface area (Å²) >= 11 is 14.1. The molecule has 5 aromatic carbocycles. The molecule has 3 N–H and O–H groups in total. The lowest BCUT2D eigenvalue weighted by molar-refractivity contribution is -0.116. The second-order valence-corrected chi connectivity index (χ2v) is 13.5. The second-order valence-electron chi connectivity index (χ2n) is 11.5. The highest BCUT2D eigenvalue weighted by molar-refractivity contribution is 8.00. The van der Waals surface area contributed by atoms with Gasteiger partial charge in [0.2, 0.25) is 5.91 Å². The van der Waals surface area contributed by atoms with Crippen molar-refractivity contribution in [1.82, 2.24) is 5.32 Å². The molecule has 11 heteroatoms. The fourth-order valence-corrected chi connectivity index (χ4v) is 6.50. The maximum absolute atomic E-state index is 13.7. The van der Waals surface area contributed by atoms with Crippen molar-refractivity contribution in [2.45, 2.75) is 29.9 Å².